The lowest BCUT2D eigenvalue weighted by Gasteiger charge is -2.27. The minimum absolute atomic E-state index is 0.128. The lowest BCUT2D eigenvalue weighted by molar-refractivity contribution is -0.131. The Morgan fingerprint density at radius 1 is 0.870 bits per heavy atom. The largest absolute Gasteiger partial charge is 0.493 e. The molecule has 11 nitrogen and oxygen atoms in total. The van der Waals surface area contributed by atoms with Gasteiger partial charge in [-0.15, -0.1) is 10.2 Å². The van der Waals surface area contributed by atoms with Crippen molar-refractivity contribution in [3.8, 4) is 34.3 Å². The van der Waals surface area contributed by atoms with Crippen molar-refractivity contribution in [1.29, 1.82) is 0 Å². The third kappa shape index (κ3) is 6.80. The van der Waals surface area contributed by atoms with Crippen molar-refractivity contribution in [2.24, 2.45) is 0 Å². The minimum Gasteiger partial charge on any atom is -0.493 e. The Kier molecular flexibility index (Phi) is 9.13. The summed E-state index contributed by atoms with van der Waals surface area (Å²) in [6.07, 6.45) is 0.713. The molecule has 1 aromatic heterocycles. The van der Waals surface area contributed by atoms with E-state index in [1.54, 1.807) is 37.3 Å². The zero-order valence-electron chi connectivity index (χ0n) is 25.6. The van der Waals surface area contributed by atoms with Crippen LogP contribution < -0.4 is 23.8 Å². The predicted octanol–water partition coefficient (Wildman–Crippen LogP) is 4.41. The number of hydrogen-bond donors (Lipinski definition) is 0. The highest BCUT2D eigenvalue weighted by Crippen LogP contribution is 2.33. The van der Waals surface area contributed by atoms with Crippen LogP contribution in [-0.2, 0) is 11.3 Å². The number of fused-ring (bicyclic) bond motifs is 1. The molecule has 12 heteroatoms. The Bertz CT molecular complexity index is 1720. The van der Waals surface area contributed by atoms with Crippen LogP contribution in [0.25, 0.3) is 11.3 Å². The van der Waals surface area contributed by atoms with Crippen LogP contribution in [0.3, 0.4) is 0 Å². The average molecular weight is 628 g/mol. The van der Waals surface area contributed by atoms with Gasteiger partial charge in [0.05, 0.1) is 19.9 Å². The third-order valence-corrected chi connectivity index (χ3v) is 8.00. The monoisotopic (exact) mass is 627 g/mol. The first-order chi connectivity index (χ1) is 22.4. The summed E-state index contributed by atoms with van der Waals surface area (Å²) in [5.74, 6) is 2.00. The van der Waals surface area contributed by atoms with E-state index in [1.165, 1.54) is 23.1 Å². The number of rotatable bonds is 9. The number of benzene rings is 3. The molecule has 0 aliphatic carbocycles. The van der Waals surface area contributed by atoms with Gasteiger partial charge in [-0.05, 0) is 72.6 Å². The summed E-state index contributed by atoms with van der Waals surface area (Å²) in [7, 11) is 3.18. The third-order valence-electron chi connectivity index (χ3n) is 8.00. The summed E-state index contributed by atoms with van der Waals surface area (Å²) in [6.45, 7) is 2.32. The number of ether oxygens (including phenoxy) is 4. The molecule has 0 bridgehead atoms. The molecule has 46 heavy (non-hydrogen) atoms. The standard InChI is InChI=1S/C34H34FN5O6/c1-43-28-11-8-24(19-30(28)44-2)27-9-12-32(37-36-27)38-13-4-14-39(16-15-38)33(41)21-40(34(42)25-5-3-6-26(35)18-25)20-23-7-10-29-31(17-23)46-22-45-29/h3,5-12,17-19H,4,13-16,20-22H2,1-2H3. The van der Waals surface area contributed by atoms with Gasteiger partial charge in [-0.1, -0.05) is 12.1 Å². The molecule has 1 saturated heterocycles. The van der Waals surface area contributed by atoms with Crippen LogP contribution in [-0.4, -0.2) is 85.5 Å². The average Bonchev–Trinajstić information content (AvgIpc) is 3.41. The molecule has 3 aromatic carbocycles. The SMILES string of the molecule is COc1ccc(-c2ccc(N3CCCN(C(=O)CN(Cc4ccc5c(c4)OCO5)C(=O)c4cccc(F)c4)CC3)nn2)cc1OC. The quantitative estimate of drug-likeness (QED) is 0.267. The van der Waals surface area contributed by atoms with Crippen molar-refractivity contribution in [2.45, 2.75) is 13.0 Å². The number of hydrogen-bond acceptors (Lipinski definition) is 9. The first kappa shape index (κ1) is 30.6. The second kappa shape index (κ2) is 13.7. The number of amides is 2. The van der Waals surface area contributed by atoms with E-state index < -0.39 is 11.7 Å². The van der Waals surface area contributed by atoms with Gasteiger partial charge in [-0.2, -0.15) is 0 Å². The first-order valence-corrected chi connectivity index (χ1v) is 14.9. The number of methoxy groups -OCH3 is 2. The highest BCUT2D eigenvalue weighted by atomic mass is 19.1. The molecule has 238 valence electrons. The predicted molar refractivity (Wildman–Crippen MR) is 168 cm³/mol. The van der Waals surface area contributed by atoms with E-state index in [9.17, 15) is 14.0 Å². The van der Waals surface area contributed by atoms with Crippen LogP contribution in [0, 0.1) is 5.82 Å². The van der Waals surface area contributed by atoms with E-state index in [4.69, 9.17) is 18.9 Å². The molecule has 0 N–H and O–H groups in total. The van der Waals surface area contributed by atoms with E-state index in [0.717, 1.165) is 11.1 Å². The maximum Gasteiger partial charge on any atom is 0.254 e. The number of carbonyl (C=O) groups excluding carboxylic acids is 2. The van der Waals surface area contributed by atoms with Gasteiger partial charge in [-0.3, -0.25) is 9.59 Å². The van der Waals surface area contributed by atoms with E-state index in [0.29, 0.717) is 67.1 Å². The molecule has 2 amide bonds. The van der Waals surface area contributed by atoms with Gasteiger partial charge in [0.15, 0.2) is 28.8 Å². The molecule has 1 fully saturated rings. The summed E-state index contributed by atoms with van der Waals surface area (Å²) in [5.41, 5.74) is 2.48. The van der Waals surface area contributed by atoms with Crippen molar-refractivity contribution in [1.82, 2.24) is 20.0 Å². The number of halogens is 1. The normalized spacial score (nSPS) is 14.1. The zero-order valence-corrected chi connectivity index (χ0v) is 25.6. The van der Waals surface area contributed by atoms with Gasteiger partial charge in [0.1, 0.15) is 12.4 Å². The smallest absolute Gasteiger partial charge is 0.254 e. The molecular weight excluding hydrogens is 593 g/mol. The number of aromatic nitrogens is 2. The van der Waals surface area contributed by atoms with E-state index >= 15 is 0 Å². The molecule has 0 spiro atoms. The Morgan fingerprint density at radius 3 is 2.50 bits per heavy atom. The van der Waals surface area contributed by atoms with Gasteiger partial charge in [-0.25, -0.2) is 4.39 Å². The molecular formula is C34H34FN5O6. The van der Waals surface area contributed by atoms with E-state index in [2.05, 4.69) is 15.1 Å². The van der Waals surface area contributed by atoms with Gasteiger partial charge in [0, 0.05) is 43.9 Å². The zero-order chi connectivity index (χ0) is 32.0. The molecule has 0 radical (unpaired) electrons. The number of carbonyl (C=O) groups is 2. The molecule has 3 heterocycles. The molecule has 2 aliphatic heterocycles. The van der Waals surface area contributed by atoms with E-state index in [1.807, 2.05) is 36.4 Å². The van der Waals surface area contributed by atoms with Crippen LogP contribution in [0.4, 0.5) is 10.2 Å². The van der Waals surface area contributed by atoms with Crippen molar-refractivity contribution in [3.05, 3.63) is 89.7 Å². The summed E-state index contributed by atoms with van der Waals surface area (Å²) in [5, 5.41) is 8.91. The topological polar surface area (TPSA) is 107 Å². The molecule has 4 aromatic rings. The number of anilines is 1. The van der Waals surface area contributed by atoms with Crippen LogP contribution in [0.2, 0.25) is 0 Å². The molecule has 0 atom stereocenters. The van der Waals surface area contributed by atoms with Crippen molar-refractivity contribution in [2.75, 3.05) is 58.6 Å². The maximum atomic E-state index is 14.0. The van der Waals surface area contributed by atoms with Crippen LogP contribution in [0.1, 0.15) is 22.3 Å². The fraction of sp³-hybridized carbons (Fsp3) is 0.294. The first-order valence-electron chi connectivity index (χ1n) is 14.9. The van der Waals surface area contributed by atoms with Gasteiger partial charge in [0.2, 0.25) is 12.7 Å². The lowest BCUT2D eigenvalue weighted by atomic mass is 10.1. The van der Waals surface area contributed by atoms with E-state index in [-0.39, 0.29) is 31.4 Å². The molecule has 6 rings (SSSR count). The van der Waals surface area contributed by atoms with Crippen molar-refractivity contribution in [3.63, 3.8) is 0 Å². The summed E-state index contributed by atoms with van der Waals surface area (Å²) < 4.78 is 35.6. The van der Waals surface area contributed by atoms with Gasteiger partial charge >= 0.3 is 0 Å². The highest BCUT2D eigenvalue weighted by molar-refractivity contribution is 5.96. The summed E-state index contributed by atoms with van der Waals surface area (Å²) in [6, 6.07) is 20.3. The molecule has 2 aliphatic rings. The van der Waals surface area contributed by atoms with Crippen molar-refractivity contribution < 1.29 is 32.9 Å². The second-order valence-corrected chi connectivity index (χ2v) is 10.9. The van der Waals surface area contributed by atoms with Crippen molar-refractivity contribution >= 4 is 17.6 Å². The van der Waals surface area contributed by atoms with Gasteiger partial charge in [0.25, 0.3) is 5.91 Å². The Morgan fingerprint density at radius 2 is 1.72 bits per heavy atom. The second-order valence-electron chi connectivity index (χ2n) is 10.9. The van der Waals surface area contributed by atoms with Crippen LogP contribution in [0.15, 0.2) is 72.8 Å². The highest BCUT2D eigenvalue weighted by Gasteiger charge is 2.26. The Labute approximate surface area is 266 Å². The van der Waals surface area contributed by atoms with Crippen LogP contribution >= 0.6 is 0 Å². The Balaban J connectivity index is 1.13. The molecule has 0 unspecified atom stereocenters. The Hall–Kier alpha value is -5.39. The number of nitrogens with zero attached hydrogens (tertiary/aromatic N) is 5. The minimum atomic E-state index is -0.521. The summed E-state index contributed by atoms with van der Waals surface area (Å²) >= 11 is 0. The maximum absolute atomic E-state index is 14.0. The van der Waals surface area contributed by atoms with Gasteiger partial charge < -0.3 is 33.6 Å². The van der Waals surface area contributed by atoms with Crippen LogP contribution in [0.5, 0.6) is 23.0 Å². The fourth-order valence-electron chi connectivity index (χ4n) is 5.57. The lowest BCUT2D eigenvalue weighted by Crippen LogP contribution is -2.44. The summed E-state index contributed by atoms with van der Waals surface area (Å²) in [4.78, 5) is 32.5. The molecule has 0 saturated carbocycles. The fourth-order valence-corrected chi connectivity index (χ4v) is 5.57.